The Morgan fingerprint density at radius 1 is 1.33 bits per heavy atom. The molecule has 1 heterocycles. The van der Waals surface area contributed by atoms with Crippen LogP contribution in [-0.2, 0) is 6.42 Å². The predicted molar refractivity (Wildman–Crippen MR) is 72.1 cm³/mol. The van der Waals surface area contributed by atoms with Crippen molar-refractivity contribution >= 4 is 11.6 Å². The molecule has 0 amide bonds. The largest absolute Gasteiger partial charge is 0.369 e. The summed E-state index contributed by atoms with van der Waals surface area (Å²) in [5, 5.41) is 3.47. The van der Waals surface area contributed by atoms with E-state index in [-0.39, 0.29) is 0 Å². The maximum absolute atomic E-state index is 5.43. The summed E-state index contributed by atoms with van der Waals surface area (Å²) in [7, 11) is 0. The molecular weight excluding hydrogens is 226 g/mol. The van der Waals surface area contributed by atoms with E-state index in [2.05, 4.69) is 20.7 Å². The fourth-order valence-corrected chi connectivity index (χ4v) is 2.67. The van der Waals surface area contributed by atoms with Crippen molar-refractivity contribution in [3.63, 3.8) is 0 Å². The fourth-order valence-electron chi connectivity index (χ4n) is 2.67. The zero-order chi connectivity index (χ0) is 12.6. The van der Waals surface area contributed by atoms with Gasteiger partial charge in [-0.25, -0.2) is 15.8 Å². The number of nitrogens with zero attached hydrogens (tertiary/aromatic N) is 2. The van der Waals surface area contributed by atoms with Gasteiger partial charge in [-0.1, -0.05) is 6.92 Å². The van der Waals surface area contributed by atoms with Crippen molar-refractivity contribution in [2.75, 3.05) is 17.3 Å². The highest BCUT2D eigenvalue weighted by molar-refractivity contribution is 5.47. The lowest BCUT2D eigenvalue weighted by Crippen LogP contribution is -2.19. The van der Waals surface area contributed by atoms with E-state index in [4.69, 9.17) is 5.84 Å². The number of anilines is 2. The molecule has 2 aliphatic rings. The SMILES string of the molecule is CCc1nc(NN)cc(NCC2(C3CC3)CC2)n1. The average molecular weight is 247 g/mol. The van der Waals surface area contributed by atoms with Crippen LogP contribution in [0, 0.1) is 11.3 Å². The summed E-state index contributed by atoms with van der Waals surface area (Å²) >= 11 is 0. The second-order valence-corrected chi connectivity index (χ2v) is 5.54. The van der Waals surface area contributed by atoms with Crippen LogP contribution >= 0.6 is 0 Å². The molecule has 1 aromatic rings. The molecule has 0 aliphatic heterocycles. The molecule has 0 spiro atoms. The smallest absolute Gasteiger partial charge is 0.145 e. The van der Waals surface area contributed by atoms with E-state index in [1.165, 1.54) is 25.7 Å². The summed E-state index contributed by atoms with van der Waals surface area (Å²) in [4.78, 5) is 8.78. The molecule has 1 aromatic heterocycles. The molecule has 2 saturated carbocycles. The Morgan fingerprint density at radius 3 is 2.61 bits per heavy atom. The number of hydrazine groups is 1. The normalized spacial score (nSPS) is 20.6. The maximum Gasteiger partial charge on any atom is 0.145 e. The molecular formula is C13H21N5. The third kappa shape index (κ3) is 2.27. The Kier molecular flexibility index (Phi) is 2.86. The average Bonchev–Trinajstić information content (AvgIpc) is 3.28. The van der Waals surface area contributed by atoms with Crippen molar-refractivity contribution in [2.24, 2.45) is 17.2 Å². The molecule has 2 fully saturated rings. The first-order valence-corrected chi connectivity index (χ1v) is 6.84. The van der Waals surface area contributed by atoms with Crippen molar-refractivity contribution in [2.45, 2.75) is 39.0 Å². The molecule has 0 aromatic carbocycles. The number of nitrogens with two attached hydrogens (primary N) is 1. The summed E-state index contributed by atoms with van der Waals surface area (Å²) in [6.07, 6.45) is 6.40. The van der Waals surface area contributed by atoms with E-state index in [9.17, 15) is 0 Å². The van der Waals surface area contributed by atoms with E-state index in [0.717, 1.165) is 30.5 Å². The standard InChI is InChI=1S/C13H21N5/c1-2-10-16-11(7-12(17-10)18-14)15-8-13(5-6-13)9-3-4-9/h7,9H,2-6,8,14H2,1H3,(H2,15,16,17,18). The van der Waals surface area contributed by atoms with Gasteiger partial charge in [0.15, 0.2) is 0 Å². The lowest BCUT2D eigenvalue weighted by molar-refractivity contribution is 0.466. The Morgan fingerprint density at radius 2 is 2.06 bits per heavy atom. The van der Waals surface area contributed by atoms with Crippen LogP contribution in [0.15, 0.2) is 6.07 Å². The Hall–Kier alpha value is -1.36. The quantitative estimate of drug-likeness (QED) is 0.529. The Bertz CT molecular complexity index is 415. The van der Waals surface area contributed by atoms with Crippen LogP contribution in [0.4, 0.5) is 11.6 Å². The van der Waals surface area contributed by atoms with Gasteiger partial charge in [-0.2, -0.15) is 0 Å². The summed E-state index contributed by atoms with van der Waals surface area (Å²) in [5.41, 5.74) is 3.18. The zero-order valence-electron chi connectivity index (χ0n) is 10.9. The minimum Gasteiger partial charge on any atom is -0.369 e. The van der Waals surface area contributed by atoms with Crippen molar-refractivity contribution in [3.8, 4) is 0 Å². The van der Waals surface area contributed by atoms with Gasteiger partial charge in [0.2, 0.25) is 0 Å². The second kappa shape index (κ2) is 4.39. The summed E-state index contributed by atoms with van der Waals surface area (Å²) in [5.74, 6) is 8.78. The highest BCUT2D eigenvalue weighted by Crippen LogP contribution is 2.61. The van der Waals surface area contributed by atoms with E-state index >= 15 is 0 Å². The molecule has 0 bridgehead atoms. The van der Waals surface area contributed by atoms with Crippen LogP contribution in [-0.4, -0.2) is 16.5 Å². The predicted octanol–water partition coefficient (Wildman–Crippen LogP) is 1.93. The fraction of sp³-hybridized carbons (Fsp3) is 0.692. The van der Waals surface area contributed by atoms with Crippen LogP contribution in [0.2, 0.25) is 0 Å². The van der Waals surface area contributed by atoms with E-state index < -0.39 is 0 Å². The van der Waals surface area contributed by atoms with Crippen LogP contribution in [0.3, 0.4) is 0 Å². The number of nitrogen functional groups attached to an aromatic ring is 1. The molecule has 4 N–H and O–H groups in total. The van der Waals surface area contributed by atoms with Gasteiger partial charge < -0.3 is 10.7 Å². The number of nitrogens with one attached hydrogen (secondary N) is 2. The molecule has 0 atom stereocenters. The first-order valence-electron chi connectivity index (χ1n) is 6.84. The number of aryl methyl sites for hydroxylation is 1. The second-order valence-electron chi connectivity index (χ2n) is 5.54. The molecule has 0 saturated heterocycles. The summed E-state index contributed by atoms with van der Waals surface area (Å²) < 4.78 is 0. The highest BCUT2D eigenvalue weighted by Gasteiger charge is 2.53. The minimum atomic E-state index is 0.577. The Balaban J connectivity index is 1.68. The van der Waals surface area contributed by atoms with E-state index in [0.29, 0.717) is 11.2 Å². The van der Waals surface area contributed by atoms with E-state index in [1.54, 1.807) is 0 Å². The monoisotopic (exact) mass is 247 g/mol. The van der Waals surface area contributed by atoms with Gasteiger partial charge >= 0.3 is 0 Å². The molecule has 0 unspecified atom stereocenters. The molecule has 98 valence electrons. The highest BCUT2D eigenvalue weighted by atomic mass is 15.3. The zero-order valence-corrected chi connectivity index (χ0v) is 10.9. The number of aromatic nitrogens is 2. The number of hydrogen-bond donors (Lipinski definition) is 3. The first kappa shape index (κ1) is 11.7. The van der Waals surface area contributed by atoms with Crippen LogP contribution in [0.5, 0.6) is 0 Å². The van der Waals surface area contributed by atoms with Gasteiger partial charge in [-0.05, 0) is 37.0 Å². The summed E-state index contributed by atoms with van der Waals surface area (Å²) in [6.45, 7) is 3.09. The molecule has 0 radical (unpaired) electrons. The number of hydrogen-bond acceptors (Lipinski definition) is 5. The van der Waals surface area contributed by atoms with Gasteiger partial charge in [0.1, 0.15) is 17.5 Å². The third-order valence-electron chi connectivity index (χ3n) is 4.19. The molecule has 5 nitrogen and oxygen atoms in total. The first-order chi connectivity index (χ1) is 8.75. The number of rotatable bonds is 6. The van der Waals surface area contributed by atoms with Gasteiger partial charge in [-0.3, -0.25) is 0 Å². The van der Waals surface area contributed by atoms with Crippen molar-refractivity contribution in [1.29, 1.82) is 0 Å². The van der Waals surface area contributed by atoms with Crippen molar-refractivity contribution in [3.05, 3.63) is 11.9 Å². The van der Waals surface area contributed by atoms with Crippen molar-refractivity contribution in [1.82, 2.24) is 9.97 Å². The van der Waals surface area contributed by atoms with Gasteiger partial charge in [-0.15, -0.1) is 0 Å². The van der Waals surface area contributed by atoms with Crippen LogP contribution in [0.1, 0.15) is 38.4 Å². The van der Waals surface area contributed by atoms with Crippen LogP contribution in [0.25, 0.3) is 0 Å². The van der Waals surface area contributed by atoms with E-state index in [1.807, 2.05) is 13.0 Å². The summed E-state index contributed by atoms with van der Waals surface area (Å²) in [6, 6.07) is 1.88. The molecule has 2 aliphatic carbocycles. The van der Waals surface area contributed by atoms with Gasteiger partial charge in [0, 0.05) is 19.0 Å². The molecule has 5 heteroatoms. The van der Waals surface area contributed by atoms with Gasteiger partial charge in [0.05, 0.1) is 0 Å². The lowest BCUT2D eigenvalue weighted by atomic mass is 10.0. The molecule has 3 rings (SSSR count). The lowest BCUT2D eigenvalue weighted by Gasteiger charge is -2.16. The maximum atomic E-state index is 5.43. The third-order valence-corrected chi connectivity index (χ3v) is 4.19. The minimum absolute atomic E-state index is 0.577. The topological polar surface area (TPSA) is 75.9 Å². The Labute approximate surface area is 108 Å². The van der Waals surface area contributed by atoms with Crippen molar-refractivity contribution < 1.29 is 0 Å². The van der Waals surface area contributed by atoms with Gasteiger partial charge in [0.25, 0.3) is 0 Å². The molecule has 18 heavy (non-hydrogen) atoms. The van der Waals surface area contributed by atoms with Crippen LogP contribution < -0.4 is 16.6 Å².